The van der Waals surface area contributed by atoms with Crippen molar-refractivity contribution in [2.24, 2.45) is 78.6 Å². The second-order valence-corrected chi connectivity index (χ2v) is 29.1. The van der Waals surface area contributed by atoms with Crippen LogP contribution in [-0.4, -0.2) is 222 Å². The molecule has 1 fully saturated rings. The molecule has 2 aromatic carbocycles. The Balaban J connectivity index is 1.97. The van der Waals surface area contributed by atoms with E-state index in [4.69, 9.17) is 45.9 Å². The molecule has 0 spiro atoms. The van der Waals surface area contributed by atoms with Gasteiger partial charge in [0.05, 0.1) is 19.1 Å². The van der Waals surface area contributed by atoms with Crippen LogP contribution < -0.4 is 104 Å². The Morgan fingerprint density at radius 2 is 0.920 bits per heavy atom. The molecule has 1 saturated heterocycles. The van der Waals surface area contributed by atoms with Crippen LogP contribution in [0.4, 0.5) is 0 Å². The number of carboxylic acid groups (broad SMARTS) is 1. The number of nitrogens with two attached hydrogens (primary N) is 8. The summed E-state index contributed by atoms with van der Waals surface area (Å²) in [6.07, 6.45) is 3.08. The fraction of sp³-hybridized carbons (Fsp3) is 0.627. The van der Waals surface area contributed by atoms with E-state index in [9.17, 15) is 67.7 Å². The van der Waals surface area contributed by atoms with Gasteiger partial charge in [-0.25, -0.2) is 4.79 Å². The van der Waals surface area contributed by atoms with Crippen LogP contribution in [0.5, 0.6) is 5.75 Å². The number of carbonyl (C=O) groups excluding carboxylic acids is 12. The standard InChI is InChI=1S/C75H125N23O15/c1-8-10-22-54(72(112)113)94-67(107)56(38-44(5)6)95-64(104)50(23-14-15-32-76)92-69(109)58-27-19-36-98(58)71(111)53(26-18-35-86-75(82)83)93-70(110)61(45(7)9-2)97-65(105)52(25-17-34-85-74(80)81)90-63(103)51(24-16-33-84-73(78)79)91-66(106)55(37-43(3)4)96-68(108)57(40-46-20-12-11-13-21-46)89-60(101)42-87-59(100)41-88-62(102)49(77)39-47-28-30-48(99)31-29-47/h11-13,20-21,28-31,43-45,49-58,61,99H,8-10,14-19,22-27,32-42,76-77H2,1-7H3,(H,87,100)(H,88,102)(H,89,101)(H,90,103)(H,91,106)(H,92,109)(H,93,110)(H,94,107)(H,95,104)(H,96,108)(H,97,105)(H,112,113)(H4,78,79,84)(H4,80,81,85)(H4,82,83,86)/t45-,49-,50-,51-,52-,53-,54-,55-,56-,57-,58-,61-/m0/s1. The van der Waals surface area contributed by atoms with Gasteiger partial charge in [-0.2, -0.15) is 0 Å². The first-order valence-electron chi connectivity index (χ1n) is 38.8. The van der Waals surface area contributed by atoms with Crippen LogP contribution >= 0.6 is 0 Å². The average molecular weight is 1590 g/mol. The average Bonchev–Trinajstić information content (AvgIpc) is 1.62. The number of guanidine groups is 3. The summed E-state index contributed by atoms with van der Waals surface area (Å²) in [7, 11) is 0. The van der Waals surface area contributed by atoms with E-state index in [1.165, 1.54) is 17.0 Å². The molecule has 29 N–H and O–H groups in total. The molecule has 0 radical (unpaired) electrons. The normalized spacial score (nSPS) is 15.4. The van der Waals surface area contributed by atoms with Crippen molar-refractivity contribution in [3.63, 3.8) is 0 Å². The molecule has 0 saturated carbocycles. The topological polar surface area (TPSA) is 643 Å². The first-order chi connectivity index (χ1) is 53.6. The van der Waals surface area contributed by atoms with Gasteiger partial charge in [0.15, 0.2) is 17.9 Å². The number of benzene rings is 2. The Bertz CT molecular complexity index is 3500. The monoisotopic (exact) mass is 1590 g/mol. The number of aliphatic imine (C=N–C) groups is 3. The number of carbonyl (C=O) groups is 13. The summed E-state index contributed by atoms with van der Waals surface area (Å²) in [5.41, 5.74) is 47.0. The minimum Gasteiger partial charge on any atom is -0.508 e. The zero-order chi connectivity index (χ0) is 84.3. The van der Waals surface area contributed by atoms with Crippen LogP contribution in [-0.2, 0) is 75.2 Å². The number of amides is 12. The van der Waals surface area contributed by atoms with Crippen molar-refractivity contribution in [1.82, 2.24) is 63.4 Å². The third-order valence-corrected chi connectivity index (χ3v) is 18.6. The molecule has 0 unspecified atom stereocenters. The SMILES string of the molecule is CCCC[C@H](NC(=O)[C@H](CC(C)C)NC(=O)[C@H](CCCCN)NC(=O)[C@@H]1CCCN1C(=O)[C@H](CCCN=C(N)N)NC(=O)[C@@H](NC(=O)[C@H](CCCN=C(N)N)NC(=O)[C@H](CCCN=C(N)N)NC(=O)[C@H](CC(C)C)NC(=O)[C@H](Cc1ccccc1)NC(=O)CNC(=O)CNC(=O)[C@@H](N)Cc1ccc(O)cc1)[C@@H](C)CC)C(=O)O. The second-order valence-electron chi connectivity index (χ2n) is 29.1. The molecule has 630 valence electrons. The smallest absolute Gasteiger partial charge is 0.326 e. The zero-order valence-corrected chi connectivity index (χ0v) is 66.3. The molecule has 2 aromatic rings. The van der Waals surface area contributed by atoms with Gasteiger partial charge in [0.25, 0.3) is 0 Å². The molecule has 12 amide bonds. The Morgan fingerprint density at radius 3 is 1.42 bits per heavy atom. The predicted octanol–water partition coefficient (Wildman–Crippen LogP) is -3.21. The summed E-state index contributed by atoms with van der Waals surface area (Å²) < 4.78 is 0. The van der Waals surface area contributed by atoms with E-state index >= 15 is 4.79 Å². The summed E-state index contributed by atoms with van der Waals surface area (Å²) in [5, 5.41) is 48.8. The van der Waals surface area contributed by atoms with Gasteiger partial charge >= 0.3 is 5.97 Å². The first kappa shape index (κ1) is 96.3. The number of carboxylic acids is 1. The molecule has 12 atom stereocenters. The van der Waals surface area contributed by atoms with Crippen molar-refractivity contribution in [1.29, 1.82) is 0 Å². The van der Waals surface area contributed by atoms with E-state index in [1.54, 1.807) is 70.2 Å². The molecule has 1 aliphatic rings. The molecule has 0 bridgehead atoms. The summed E-state index contributed by atoms with van der Waals surface area (Å²) in [5.74, 6) is -12.4. The van der Waals surface area contributed by atoms with Crippen LogP contribution in [0, 0.1) is 17.8 Å². The lowest BCUT2D eigenvalue weighted by Crippen LogP contribution is -2.61. The molecule has 3 rings (SSSR count). The van der Waals surface area contributed by atoms with E-state index in [1.807, 2.05) is 20.8 Å². The highest BCUT2D eigenvalue weighted by atomic mass is 16.4. The zero-order valence-electron chi connectivity index (χ0n) is 66.3. The van der Waals surface area contributed by atoms with Crippen molar-refractivity contribution in [3.8, 4) is 5.75 Å². The fourth-order valence-electron chi connectivity index (χ4n) is 12.3. The molecule has 0 aliphatic carbocycles. The van der Waals surface area contributed by atoms with Crippen molar-refractivity contribution in [3.05, 3.63) is 65.7 Å². The van der Waals surface area contributed by atoms with E-state index in [-0.39, 0.29) is 158 Å². The lowest BCUT2D eigenvalue weighted by Gasteiger charge is -2.32. The molecule has 38 nitrogen and oxygen atoms in total. The number of hydrogen-bond acceptors (Lipinski definition) is 19. The van der Waals surface area contributed by atoms with E-state index < -0.39 is 162 Å². The van der Waals surface area contributed by atoms with Crippen molar-refractivity contribution >= 4 is 94.7 Å². The second kappa shape index (κ2) is 51.6. The van der Waals surface area contributed by atoms with Gasteiger partial charge in [-0.05, 0) is 144 Å². The van der Waals surface area contributed by atoms with Crippen molar-refractivity contribution in [2.45, 2.75) is 237 Å². The Hall–Kier alpha value is -10.9. The van der Waals surface area contributed by atoms with E-state index in [2.05, 4.69) is 73.5 Å². The van der Waals surface area contributed by atoms with Crippen LogP contribution in [0.1, 0.15) is 169 Å². The summed E-state index contributed by atoms with van der Waals surface area (Å²) in [6.45, 7) is 11.6. The third kappa shape index (κ3) is 37.3. The summed E-state index contributed by atoms with van der Waals surface area (Å²) in [4.78, 5) is 196. The molecule has 0 aromatic heterocycles. The lowest BCUT2D eigenvalue weighted by atomic mass is 9.96. The molecule has 1 heterocycles. The Morgan fingerprint density at radius 1 is 0.478 bits per heavy atom. The fourth-order valence-corrected chi connectivity index (χ4v) is 12.3. The minimum absolute atomic E-state index is 0.00274. The number of nitrogens with one attached hydrogen (secondary N) is 11. The van der Waals surface area contributed by atoms with Crippen molar-refractivity contribution in [2.75, 3.05) is 45.8 Å². The highest BCUT2D eigenvalue weighted by molar-refractivity contribution is 6.00. The molecule has 38 heteroatoms. The maximum absolute atomic E-state index is 15.1. The quantitative estimate of drug-likeness (QED) is 0.0176. The Kier molecular flexibility index (Phi) is 44.0. The highest BCUT2D eigenvalue weighted by Gasteiger charge is 2.42. The number of unbranched alkanes of at least 4 members (excludes halogenated alkanes) is 2. The van der Waals surface area contributed by atoms with Crippen LogP contribution in [0.2, 0.25) is 0 Å². The highest BCUT2D eigenvalue weighted by Crippen LogP contribution is 2.22. The maximum atomic E-state index is 15.1. The number of aromatic hydroxyl groups is 1. The van der Waals surface area contributed by atoms with Crippen LogP contribution in [0.3, 0.4) is 0 Å². The van der Waals surface area contributed by atoms with Gasteiger partial charge in [0.1, 0.15) is 66.2 Å². The summed E-state index contributed by atoms with van der Waals surface area (Å²) >= 11 is 0. The first-order valence-corrected chi connectivity index (χ1v) is 38.8. The largest absolute Gasteiger partial charge is 0.508 e. The van der Waals surface area contributed by atoms with E-state index in [0.717, 1.165) is 0 Å². The van der Waals surface area contributed by atoms with Crippen molar-refractivity contribution < 1.29 is 72.5 Å². The van der Waals surface area contributed by atoms with Gasteiger partial charge in [0, 0.05) is 32.6 Å². The molecule has 113 heavy (non-hydrogen) atoms. The predicted molar refractivity (Wildman–Crippen MR) is 426 cm³/mol. The van der Waals surface area contributed by atoms with Gasteiger partial charge in [-0.3, -0.25) is 72.5 Å². The Labute approximate surface area is 660 Å². The number of phenolic OH excluding ortho intramolecular Hbond substituents is 1. The number of rotatable bonds is 53. The molecule has 1 aliphatic heterocycles. The van der Waals surface area contributed by atoms with Gasteiger partial charge in [-0.15, -0.1) is 0 Å². The van der Waals surface area contributed by atoms with Gasteiger partial charge < -0.3 is 119 Å². The number of likely N-dealkylation sites (tertiary alicyclic amines) is 1. The number of hydrogen-bond donors (Lipinski definition) is 21. The summed E-state index contributed by atoms with van der Waals surface area (Å²) in [6, 6.07) is 0.379. The van der Waals surface area contributed by atoms with Crippen LogP contribution in [0.25, 0.3) is 0 Å². The third-order valence-electron chi connectivity index (χ3n) is 18.6. The minimum atomic E-state index is -1.48. The molecular weight excluding hydrogens is 1460 g/mol. The lowest BCUT2D eigenvalue weighted by molar-refractivity contribution is -0.143. The maximum Gasteiger partial charge on any atom is 0.326 e. The number of aliphatic carboxylic acids is 1. The van der Waals surface area contributed by atoms with E-state index in [0.29, 0.717) is 43.2 Å². The van der Waals surface area contributed by atoms with Crippen LogP contribution in [0.15, 0.2) is 69.6 Å². The van der Waals surface area contributed by atoms with Gasteiger partial charge in [0.2, 0.25) is 70.9 Å². The molecular formula is C75H125N23O15. The van der Waals surface area contributed by atoms with Gasteiger partial charge in [-0.1, -0.05) is 110 Å². The number of phenols is 1. The number of nitrogens with zero attached hydrogens (tertiary/aromatic N) is 4.